The van der Waals surface area contributed by atoms with Crippen molar-refractivity contribution in [1.29, 1.82) is 0 Å². The molecule has 0 aromatic carbocycles. The van der Waals surface area contributed by atoms with Gasteiger partial charge < -0.3 is 20.4 Å². The maximum Gasteiger partial charge on any atom is 0.326 e. The van der Waals surface area contributed by atoms with Crippen molar-refractivity contribution in [3.05, 3.63) is 0 Å². The Kier molecular flexibility index (Phi) is 5.50. The molecule has 1 rings (SSSR count). The molecule has 0 unspecified atom stereocenters. The van der Waals surface area contributed by atoms with Crippen LogP contribution in [0.2, 0.25) is 0 Å². The molecule has 1 saturated heterocycles. The molecule has 1 aliphatic heterocycles. The largest absolute Gasteiger partial charge is 0.480 e. The number of carboxylic acids is 1. The fourth-order valence-corrected chi connectivity index (χ4v) is 2.49. The average Bonchev–Trinajstić information content (AvgIpc) is 2.76. The molecule has 1 fully saturated rings. The van der Waals surface area contributed by atoms with Crippen LogP contribution in [0.3, 0.4) is 0 Å². The van der Waals surface area contributed by atoms with E-state index in [1.54, 1.807) is 20.8 Å². The van der Waals surface area contributed by atoms with Gasteiger partial charge in [-0.1, -0.05) is 13.8 Å². The van der Waals surface area contributed by atoms with Gasteiger partial charge in [-0.3, -0.25) is 9.59 Å². The Morgan fingerprint density at radius 2 is 1.90 bits per heavy atom. The van der Waals surface area contributed by atoms with E-state index in [1.165, 1.54) is 4.90 Å². The molecule has 7 nitrogen and oxygen atoms in total. The predicted octanol–water partition coefficient (Wildman–Crippen LogP) is -0.416. The van der Waals surface area contributed by atoms with Crippen molar-refractivity contribution in [2.24, 2.45) is 5.92 Å². The van der Waals surface area contributed by atoms with Gasteiger partial charge in [-0.05, 0) is 25.7 Å². The summed E-state index contributed by atoms with van der Waals surface area (Å²) in [4.78, 5) is 36.4. The van der Waals surface area contributed by atoms with Gasteiger partial charge in [0.15, 0.2) is 0 Å². The van der Waals surface area contributed by atoms with Gasteiger partial charge in [-0.25, -0.2) is 4.79 Å². The van der Waals surface area contributed by atoms with Crippen LogP contribution in [0.15, 0.2) is 0 Å². The third kappa shape index (κ3) is 3.47. The molecule has 1 aliphatic rings. The molecule has 0 aromatic heterocycles. The molecule has 20 heavy (non-hydrogen) atoms. The summed E-state index contributed by atoms with van der Waals surface area (Å²) in [5.41, 5.74) is 0. The number of carbonyl (C=O) groups excluding carboxylic acids is 2. The molecule has 7 heteroatoms. The zero-order valence-electron chi connectivity index (χ0n) is 12.0. The monoisotopic (exact) mass is 286 g/mol. The zero-order valence-corrected chi connectivity index (χ0v) is 12.0. The molecule has 0 saturated carbocycles. The van der Waals surface area contributed by atoms with Crippen LogP contribution in [0.25, 0.3) is 0 Å². The first-order valence-corrected chi connectivity index (χ1v) is 6.74. The summed E-state index contributed by atoms with van der Waals surface area (Å²) < 4.78 is 0. The Balaban J connectivity index is 2.92. The molecule has 0 radical (unpaired) electrons. The summed E-state index contributed by atoms with van der Waals surface area (Å²) >= 11 is 0. The van der Waals surface area contributed by atoms with E-state index < -0.39 is 36.5 Å². The number of aliphatic hydroxyl groups excluding tert-OH is 1. The van der Waals surface area contributed by atoms with Gasteiger partial charge in [0, 0.05) is 6.04 Å². The van der Waals surface area contributed by atoms with Gasteiger partial charge in [0.25, 0.3) is 0 Å². The number of hydrogen-bond acceptors (Lipinski definition) is 4. The van der Waals surface area contributed by atoms with Crippen LogP contribution in [0.4, 0.5) is 0 Å². The summed E-state index contributed by atoms with van der Waals surface area (Å²) in [6, 6.07) is -1.84. The molecule has 114 valence electrons. The van der Waals surface area contributed by atoms with E-state index in [2.05, 4.69) is 5.32 Å². The molecule has 0 spiro atoms. The van der Waals surface area contributed by atoms with Crippen molar-refractivity contribution >= 4 is 17.8 Å². The minimum absolute atomic E-state index is 0.170. The summed E-state index contributed by atoms with van der Waals surface area (Å²) in [6.07, 6.45) is 1.04. The van der Waals surface area contributed by atoms with Crippen LogP contribution < -0.4 is 5.32 Å². The van der Waals surface area contributed by atoms with E-state index in [4.69, 9.17) is 5.11 Å². The lowest BCUT2D eigenvalue weighted by Crippen LogP contribution is -2.55. The van der Waals surface area contributed by atoms with E-state index in [-0.39, 0.29) is 12.0 Å². The minimum atomic E-state index is -1.03. The van der Waals surface area contributed by atoms with Crippen molar-refractivity contribution in [2.45, 2.75) is 51.7 Å². The van der Waals surface area contributed by atoms with Crippen LogP contribution in [-0.4, -0.2) is 57.6 Å². The van der Waals surface area contributed by atoms with Gasteiger partial charge >= 0.3 is 5.97 Å². The molecular formula is C13H22N2O5. The molecule has 0 aromatic rings. The van der Waals surface area contributed by atoms with Crippen LogP contribution in [0.1, 0.15) is 33.6 Å². The Hall–Kier alpha value is -1.63. The van der Waals surface area contributed by atoms with Crippen LogP contribution in [0, 0.1) is 5.92 Å². The highest BCUT2D eigenvalue weighted by Crippen LogP contribution is 2.26. The van der Waals surface area contributed by atoms with E-state index >= 15 is 0 Å². The standard InChI is InChI=1S/C13H22N2O5/c1-7(2)11(14-10(17)6-16)12(18)15-8(3)4-5-9(15)13(19)20/h7-9,11,16H,4-6H2,1-3H3,(H,14,17)(H,19,20)/t8-,9-,11-/m0/s1. The topological polar surface area (TPSA) is 107 Å². The molecular weight excluding hydrogens is 264 g/mol. The number of aliphatic carboxylic acids is 1. The maximum absolute atomic E-state index is 12.5. The molecule has 0 bridgehead atoms. The lowest BCUT2D eigenvalue weighted by atomic mass is 10.0. The first-order valence-electron chi connectivity index (χ1n) is 6.74. The summed E-state index contributed by atoms with van der Waals surface area (Å²) in [5.74, 6) is -2.27. The van der Waals surface area contributed by atoms with Gasteiger partial charge in [0.2, 0.25) is 11.8 Å². The summed E-state index contributed by atoms with van der Waals surface area (Å²) in [6.45, 7) is 4.62. The van der Waals surface area contributed by atoms with E-state index in [9.17, 15) is 19.5 Å². The molecule has 3 atom stereocenters. The zero-order chi connectivity index (χ0) is 15.4. The highest BCUT2D eigenvalue weighted by molar-refractivity contribution is 5.91. The van der Waals surface area contributed by atoms with Crippen LogP contribution in [0.5, 0.6) is 0 Å². The predicted molar refractivity (Wildman–Crippen MR) is 70.8 cm³/mol. The Morgan fingerprint density at radius 3 is 2.35 bits per heavy atom. The number of aliphatic hydroxyl groups is 1. The van der Waals surface area contributed by atoms with E-state index in [1.807, 2.05) is 0 Å². The normalized spacial score (nSPS) is 23.8. The summed E-state index contributed by atoms with van der Waals surface area (Å²) in [7, 11) is 0. The molecule has 3 N–H and O–H groups in total. The fraction of sp³-hybridized carbons (Fsp3) is 0.769. The van der Waals surface area contributed by atoms with Gasteiger partial charge in [-0.15, -0.1) is 0 Å². The third-order valence-electron chi connectivity index (χ3n) is 3.60. The van der Waals surface area contributed by atoms with Crippen molar-refractivity contribution in [2.75, 3.05) is 6.61 Å². The number of carboxylic acid groups (broad SMARTS) is 1. The van der Waals surface area contributed by atoms with Gasteiger partial charge in [0.05, 0.1) is 0 Å². The summed E-state index contributed by atoms with van der Waals surface area (Å²) in [5, 5.41) is 20.4. The number of amides is 2. The Labute approximate surface area is 117 Å². The van der Waals surface area contributed by atoms with E-state index in [0.717, 1.165) is 0 Å². The second-order valence-corrected chi connectivity index (χ2v) is 5.47. The molecule has 1 heterocycles. The van der Waals surface area contributed by atoms with Crippen LogP contribution in [-0.2, 0) is 14.4 Å². The van der Waals surface area contributed by atoms with Crippen molar-refractivity contribution in [3.8, 4) is 0 Å². The average molecular weight is 286 g/mol. The lowest BCUT2D eigenvalue weighted by Gasteiger charge is -2.32. The third-order valence-corrected chi connectivity index (χ3v) is 3.60. The molecule has 2 amide bonds. The van der Waals surface area contributed by atoms with Crippen molar-refractivity contribution in [3.63, 3.8) is 0 Å². The van der Waals surface area contributed by atoms with E-state index in [0.29, 0.717) is 12.8 Å². The lowest BCUT2D eigenvalue weighted by molar-refractivity contribution is -0.151. The first-order chi connectivity index (χ1) is 9.29. The number of rotatable bonds is 5. The second kappa shape index (κ2) is 6.69. The molecule has 0 aliphatic carbocycles. The SMILES string of the molecule is CC(C)[C@H](NC(=O)CO)C(=O)N1[C@@H](C)CC[C@H]1C(=O)O. The second-order valence-electron chi connectivity index (χ2n) is 5.47. The van der Waals surface area contributed by atoms with Crippen molar-refractivity contribution < 1.29 is 24.6 Å². The number of nitrogens with one attached hydrogen (secondary N) is 1. The van der Waals surface area contributed by atoms with Gasteiger partial charge in [0.1, 0.15) is 18.7 Å². The highest BCUT2D eigenvalue weighted by atomic mass is 16.4. The quantitative estimate of drug-likeness (QED) is 0.636. The van der Waals surface area contributed by atoms with Crippen molar-refractivity contribution in [1.82, 2.24) is 10.2 Å². The Morgan fingerprint density at radius 1 is 1.30 bits per heavy atom. The fourth-order valence-electron chi connectivity index (χ4n) is 2.49. The number of likely N-dealkylation sites (tertiary alicyclic amines) is 1. The number of nitrogens with zero attached hydrogens (tertiary/aromatic N) is 1. The first kappa shape index (κ1) is 16.4. The smallest absolute Gasteiger partial charge is 0.326 e. The number of carbonyl (C=O) groups is 3. The number of hydrogen-bond donors (Lipinski definition) is 3. The van der Waals surface area contributed by atoms with Crippen LogP contribution >= 0.6 is 0 Å². The maximum atomic E-state index is 12.5. The highest BCUT2D eigenvalue weighted by Gasteiger charge is 2.42. The van der Waals surface area contributed by atoms with Gasteiger partial charge in [-0.2, -0.15) is 0 Å². The minimum Gasteiger partial charge on any atom is -0.480 e. The Bertz CT molecular complexity index is 396.